The summed E-state index contributed by atoms with van der Waals surface area (Å²) in [5.74, 6) is 1.28. The molecule has 2 aromatic heterocycles. The molecule has 1 fully saturated rings. The van der Waals surface area contributed by atoms with E-state index in [9.17, 15) is 9.18 Å². The maximum absolute atomic E-state index is 14.3. The normalized spacial score (nSPS) is 13.7. The molecule has 0 atom stereocenters. The number of halogens is 1. The van der Waals surface area contributed by atoms with Gasteiger partial charge in [-0.25, -0.2) is 14.4 Å². The Bertz CT molecular complexity index is 1320. The Morgan fingerprint density at radius 3 is 2.57 bits per heavy atom. The molecule has 0 bridgehead atoms. The van der Waals surface area contributed by atoms with Gasteiger partial charge >= 0.3 is 0 Å². The minimum atomic E-state index is -0.274. The first-order valence-electron chi connectivity index (χ1n) is 11.6. The second-order valence-electron chi connectivity index (χ2n) is 8.49. The fourth-order valence-electron chi connectivity index (χ4n) is 4.24. The van der Waals surface area contributed by atoms with Crippen LogP contribution < -0.4 is 15.1 Å². The maximum Gasteiger partial charge on any atom is 0.256 e. The average Bonchev–Trinajstić information content (AvgIpc) is 3.41. The molecule has 7 nitrogen and oxygen atoms in total. The van der Waals surface area contributed by atoms with Crippen molar-refractivity contribution in [2.24, 2.45) is 0 Å². The van der Waals surface area contributed by atoms with Crippen LogP contribution in [-0.2, 0) is 6.54 Å². The summed E-state index contributed by atoms with van der Waals surface area (Å²) in [6.07, 6.45) is 3.16. The minimum Gasteiger partial charge on any atom is -0.467 e. The van der Waals surface area contributed by atoms with E-state index in [1.807, 2.05) is 42.2 Å². The van der Waals surface area contributed by atoms with Crippen molar-refractivity contribution in [2.75, 3.05) is 36.0 Å². The van der Waals surface area contributed by atoms with Crippen LogP contribution in [0, 0.1) is 12.7 Å². The van der Waals surface area contributed by atoms with E-state index < -0.39 is 0 Å². The first kappa shape index (κ1) is 22.6. The summed E-state index contributed by atoms with van der Waals surface area (Å²) in [5.41, 5.74) is 2.98. The lowest BCUT2D eigenvalue weighted by Crippen LogP contribution is -2.47. The number of benzene rings is 2. The van der Waals surface area contributed by atoms with Crippen molar-refractivity contribution in [3.8, 4) is 11.4 Å². The molecule has 1 N–H and O–H groups in total. The van der Waals surface area contributed by atoms with Gasteiger partial charge in [-0.2, -0.15) is 0 Å². The van der Waals surface area contributed by atoms with Gasteiger partial charge in [0.1, 0.15) is 23.0 Å². The van der Waals surface area contributed by atoms with Gasteiger partial charge in [-0.1, -0.05) is 35.9 Å². The van der Waals surface area contributed by atoms with Gasteiger partial charge < -0.3 is 19.5 Å². The molecular formula is C27H26FN5O2. The summed E-state index contributed by atoms with van der Waals surface area (Å²) in [7, 11) is 0. The van der Waals surface area contributed by atoms with E-state index in [-0.39, 0.29) is 18.3 Å². The van der Waals surface area contributed by atoms with Crippen LogP contribution in [-0.4, -0.2) is 42.1 Å². The third-order valence-corrected chi connectivity index (χ3v) is 6.07. The number of piperazine rings is 1. The van der Waals surface area contributed by atoms with E-state index in [2.05, 4.69) is 15.2 Å². The smallest absolute Gasteiger partial charge is 0.256 e. The number of aryl methyl sites for hydroxylation is 1. The van der Waals surface area contributed by atoms with Gasteiger partial charge in [0.2, 0.25) is 0 Å². The summed E-state index contributed by atoms with van der Waals surface area (Å²) in [6, 6.07) is 18.3. The molecule has 0 saturated carbocycles. The number of nitrogens with zero attached hydrogens (tertiary/aromatic N) is 4. The van der Waals surface area contributed by atoms with Crippen LogP contribution in [0.5, 0.6) is 0 Å². The minimum absolute atomic E-state index is 0.234. The van der Waals surface area contributed by atoms with Crippen LogP contribution in [0.15, 0.2) is 77.5 Å². The number of anilines is 2. The summed E-state index contributed by atoms with van der Waals surface area (Å²) in [5, 5.41) is 2.89. The van der Waals surface area contributed by atoms with Crippen molar-refractivity contribution < 1.29 is 13.6 Å². The second-order valence-corrected chi connectivity index (χ2v) is 8.49. The second kappa shape index (κ2) is 9.97. The van der Waals surface area contributed by atoms with Crippen molar-refractivity contribution >= 4 is 17.4 Å². The Morgan fingerprint density at radius 2 is 1.83 bits per heavy atom. The van der Waals surface area contributed by atoms with E-state index in [1.165, 1.54) is 6.07 Å². The molecule has 8 heteroatoms. The highest BCUT2D eigenvalue weighted by Gasteiger charge is 2.25. The molecule has 35 heavy (non-hydrogen) atoms. The van der Waals surface area contributed by atoms with E-state index >= 15 is 0 Å². The van der Waals surface area contributed by atoms with Crippen LogP contribution in [0.4, 0.5) is 15.9 Å². The SMILES string of the molecule is Cc1cccc(-c2ncc(C(=O)NCc3ccco3)c(N3CCN(c4ccccc4F)CC3)n2)c1. The maximum atomic E-state index is 14.3. The molecule has 0 spiro atoms. The number of carbonyl (C=O) groups excluding carboxylic acids is 1. The van der Waals surface area contributed by atoms with Crippen molar-refractivity contribution in [3.63, 3.8) is 0 Å². The van der Waals surface area contributed by atoms with Gasteiger partial charge in [0, 0.05) is 37.9 Å². The van der Waals surface area contributed by atoms with Crippen molar-refractivity contribution in [2.45, 2.75) is 13.5 Å². The quantitative estimate of drug-likeness (QED) is 0.448. The van der Waals surface area contributed by atoms with Gasteiger partial charge in [-0.05, 0) is 37.3 Å². The predicted molar refractivity (Wildman–Crippen MR) is 133 cm³/mol. The lowest BCUT2D eigenvalue weighted by atomic mass is 10.1. The molecule has 1 aliphatic rings. The van der Waals surface area contributed by atoms with Crippen molar-refractivity contribution in [1.82, 2.24) is 15.3 Å². The number of carbonyl (C=O) groups is 1. The topological polar surface area (TPSA) is 74.5 Å². The molecule has 1 amide bonds. The van der Waals surface area contributed by atoms with Gasteiger partial charge in [-0.3, -0.25) is 4.79 Å². The van der Waals surface area contributed by atoms with Crippen LogP contribution >= 0.6 is 0 Å². The van der Waals surface area contributed by atoms with Gasteiger partial charge in [0.15, 0.2) is 5.82 Å². The van der Waals surface area contributed by atoms with Crippen LogP contribution in [0.1, 0.15) is 21.7 Å². The van der Waals surface area contributed by atoms with E-state index in [1.54, 1.807) is 36.7 Å². The Balaban J connectivity index is 1.42. The number of hydrogen-bond donors (Lipinski definition) is 1. The van der Waals surface area contributed by atoms with Crippen molar-refractivity contribution in [3.05, 3.63) is 95.8 Å². The Kier molecular flexibility index (Phi) is 6.43. The molecule has 178 valence electrons. The summed E-state index contributed by atoms with van der Waals surface area (Å²) >= 11 is 0. The standard InChI is InChI=1S/C27H26FN5O2/c1-19-6-4-7-20(16-19)25-29-18-22(27(34)30-17-21-8-5-15-35-21)26(31-25)33-13-11-32(12-14-33)24-10-3-2-9-23(24)28/h2-10,15-16,18H,11-14,17H2,1H3,(H,30,34). The third-order valence-electron chi connectivity index (χ3n) is 6.07. The molecule has 0 unspecified atom stereocenters. The molecule has 3 heterocycles. The number of hydrogen-bond acceptors (Lipinski definition) is 6. The Morgan fingerprint density at radius 1 is 1.03 bits per heavy atom. The zero-order valence-corrected chi connectivity index (χ0v) is 19.4. The average molecular weight is 472 g/mol. The number of furan rings is 1. The van der Waals surface area contributed by atoms with E-state index in [0.717, 1.165) is 11.1 Å². The predicted octanol–water partition coefficient (Wildman–Crippen LogP) is 4.44. The first-order valence-corrected chi connectivity index (χ1v) is 11.6. The van der Waals surface area contributed by atoms with Gasteiger partial charge in [0.05, 0.1) is 18.5 Å². The number of nitrogens with one attached hydrogen (secondary N) is 1. The molecule has 4 aromatic rings. The molecule has 2 aromatic carbocycles. The Hall–Kier alpha value is -4.20. The van der Waals surface area contributed by atoms with E-state index in [0.29, 0.717) is 54.8 Å². The summed E-state index contributed by atoms with van der Waals surface area (Å²) in [6.45, 7) is 4.69. The monoisotopic (exact) mass is 471 g/mol. The highest BCUT2D eigenvalue weighted by molar-refractivity contribution is 5.99. The molecule has 0 radical (unpaired) electrons. The van der Waals surface area contributed by atoms with Crippen LogP contribution in [0.2, 0.25) is 0 Å². The lowest BCUT2D eigenvalue weighted by molar-refractivity contribution is 0.0948. The number of amides is 1. The van der Waals surface area contributed by atoms with Gasteiger partial charge in [0.25, 0.3) is 5.91 Å². The third kappa shape index (κ3) is 5.01. The molecule has 5 rings (SSSR count). The number of para-hydroxylation sites is 1. The Labute approximate surface area is 203 Å². The fraction of sp³-hybridized carbons (Fsp3) is 0.222. The zero-order chi connectivity index (χ0) is 24.2. The molecular weight excluding hydrogens is 445 g/mol. The highest BCUT2D eigenvalue weighted by atomic mass is 19.1. The molecule has 1 saturated heterocycles. The van der Waals surface area contributed by atoms with E-state index in [4.69, 9.17) is 9.40 Å². The molecule has 1 aliphatic heterocycles. The summed E-state index contributed by atoms with van der Waals surface area (Å²) in [4.78, 5) is 26.5. The van der Waals surface area contributed by atoms with Crippen LogP contribution in [0.25, 0.3) is 11.4 Å². The number of aromatic nitrogens is 2. The number of rotatable bonds is 6. The summed E-state index contributed by atoms with van der Waals surface area (Å²) < 4.78 is 19.6. The lowest BCUT2D eigenvalue weighted by Gasteiger charge is -2.37. The van der Waals surface area contributed by atoms with Crippen molar-refractivity contribution in [1.29, 1.82) is 0 Å². The zero-order valence-electron chi connectivity index (χ0n) is 19.4. The van der Waals surface area contributed by atoms with Crippen LogP contribution in [0.3, 0.4) is 0 Å². The largest absolute Gasteiger partial charge is 0.467 e. The van der Waals surface area contributed by atoms with Gasteiger partial charge in [-0.15, -0.1) is 0 Å². The first-order chi connectivity index (χ1) is 17.1. The molecule has 0 aliphatic carbocycles. The fourth-order valence-corrected chi connectivity index (χ4v) is 4.24. The highest BCUT2D eigenvalue weighted by Crippen LogP contribution is 2.26.